The first-order valence-electron chi connectivity index (χ1n) is 13.8. The van der Waals surface area contributed by atoms with Crippen molar-refractivity contribution in [1.29, 1.82) is 0 Å². The molecule has 6 rings (SSSR count). The summed E-state index contributed by atoms with van der Waals surface area (Å²) in [6, 6.07) is 11.2. The Kier molecular flexibility index (Phi) is 6.51. The third-order valence-electron chi connectivity index (χ3n) is 8.89. The van der Waals surface area contributed by atoms with Crippen LogP contribution in [0.25, 0.3) is 11.0 Å². The van der Waals surface area contributed by atoms with Crippen molar-refractivity contribution in [3.63, 3.8) is 0 Å². The average molecular weight is 536 g/mol. The number of nitrogens with zero attached hydrogens (tertiary/aromatic N) is 1. The van der Waals surface area contributed by atoms with E-state index in [1.54, 1.807) is 6.92 Å². The maximum absolute atomic E-state index is 14.1. The predicted octanol–water partition coefficient (Wildman–Crippen LogP) is 5.91. The zero-order valence-electron chi connectivity index (χ0n) is 22.0. The van der Waals surface area contributed by atoms with Gasteiger partial charge >= 0.3 is 5.63 Å². The van der Waals surface area contributed by atoms with Gasteiger partial charge in [0.25, 0.3) is 5.91 Å². The number of likely N-dealkylation sites (tertiary alicyclic amines) is 1. The Bertz CT molecular complexity index is 1450. The Hall–Kier alpha value is -2.83. The normalized spacial score (nSPS) is 25.6. The van der Waals surface area contributed by atoms with E-state index in [0.29, 0.717) is 35.7 Å². The fraction of sp³-hybridized carbons (Fsp3) is 0.484. The molecule has 6 nitrogen and oxygen atoms in total. The molecule has 0 spiro atoms. The van der Waals surface area contributed by atoms with Crippen LogP contribution < -0.4 is 10.4 Å². The van der Waals surface area contributed by atoms with Crippen molar-refractivity contribution < 1.29 is 19.1 Å². The fourth-order valence-corrected chi connectivity index (χ4v) is 7.20. The SMILES string of the molecule is Cc1cc(OC(C)C(=O)N2CCC3(O)CCCCC3[C@@H]2c2ccc(Cl)cc2)c2c3c(c(=O)oc2c1)CCC3. The second-order valence-corrected chi connectivity index (χ2v) is 11.8. The van der Waals surface area contributed by atoms with Gasteiger partial charge in [0, 0.05) is 23.0 Å². The van der Waals surface area contributed by atoms with Crippen molar-refractivity contribution in [3.05, 3.63) is 74.1 Å². The third-order valence-corrected chi connectivity index (χ3v) is 9.14. The summed E-state index contributed by atoms with van der Waals surface area (Å²) in [5, 5.41) is 13.0. The van der Waals surface area contributed by atoms with E-state index in [1.807, 2.05) is 48.2 Å². The molecule has 3 aromatic rings. The maximum atomic E-state index is 14.1. The Labute approximate surface area is 227 Å². The van der Waals surface area contributed by atoms with E-state index in [1.165, 1.54) is 0 Å². The number of amides is 1. The van der Waals surface area contributed by atoms with E-state index in [2.05, 4.69) is 0 Å². The minimum Gasteiger partial charge on any atom is -0.480 e. The van der Waals surface area contributed by atoms with Crippen LogP contribution in [0.5, 0.6) is 5.75 Å². The molecule has 4 atom stereocenters. The largest absolute Gasteiger partial charge is 0.480 e. The molecular weight excluding hydrogens is 502 g/mol. The van der Waals surface area contributed by atoms with Crippen LogP contribution in [0.4, 0.5) is 0 Å². The van der Waals surface area contributed by atoms with Gasteiger partial charge in [0.1, 0.15) is 11.3 Å². The maximum Gasteiger partial charge on any atom is 0.339 e. The van der Waals surface area contributed by atoms with Crippen LogP contribution in [-0.2, 0) is 17.6 Å². The monoisotopic (exact) mass is 535 g/mol. The number of aryl methyl sites for hydroxylation is 2. The zero-order valence-corrected chi connectivity index (χ0v) is 22.7. The van der Waals surface area contributed by atoms with Crippen LogP contribution in [0.3, 0.4) is 0 Å². The lowest BCUT2D eigenvalue weighted by molar-refractivity contribution is -0.161. The van der Waals surface area contributed by atoms with E-state index in [0.717, 1.165) is 66.2 Å². The molecule has 1 saturated carbocycles. The summed E-state index contributed by atoms with van der Waals surface area (Å²) in [6.07, 6.45) is 5.89. The second-order valence-electron chi connectivity index (χ2n) is 11.3. The molecule has 3 unspecified atom stereocenters. The van der Waals surface area contributed by atoms with Crippen LogP contribution >= 0.6 is 11.6 Å². The molecule has 200 valence electrons. The van der Waals surface area contributed by atoms with Gasteiger partial charge in [0.05, 0.1) is 17.0 Å². The average Bonchev–Trinajstić information content (AvgIpc) is 3.38. The lowest BCUT2D eigenvalue weighted by Crippen LogP contribution is -2.58. The summed E-state index contributed by atoms with van der Waals surface area (Å²) < 4.78 is 12.1. The minimum atomic E-state index is -0.770. The number of aliphatic hydroxyl groups is 1. The molecule has 1 saturated heterocycles. The lowest BCUT2D eigenvalue weighted by atomic mass is 9.66. The number of carbonyl (C=O) groups excluding carboxylic acids is 1. The quantitative estimate of drug-likeness (QED) is 0.420. The number of ether oxygens (including phenoxy) is 1. The highest BCUT2D eigenvalue weighted by atomic mass is 35.5. The van der Waals surface area contributed by atoms with E-state index < -0.39 is 11.7 Å². The number of hydrogen-bond donors (Lipinski definition) is 1. The molecule has 7 heteroatoms. The first-order valence-corrected chi connectivity index (χ1v) is 14.2. The summed E-state index contributed by atoms with van der Waals surface area (Å²) in [5.74, 6) is 0.429. The van der Waals surface area contributed by atoms with Crippen molar-refractivity contribution in [3.8, 4) is 5.75 Å². The Morgan fingerprint density at radius 1 is 1.13 bits per heavy atom. The molecule has 2 aromatic carbocycles. The fourth-order valence-electron chi connectivity index (χ4n) is 7.07. The number of piperidine rings is 1. The van der Waals surface area contributed by atoms with E-state index in [9.17, 15) is 14.7 Å². The molecule has 0 bridgehead atoms. The molecule has 1 aromatic heterocycles. The minimum absolute atomic E-state index is 0.0420. The summed E-state index contributed by atoms with van der Waals surface area (Å²) >= 11 is 6.19. The van der Waals surface area contributed by atoms with Gasteiger partial charge in [-0.05, 0) is 93.3 Å². The Morgan fingerprint density at radius 2 is 1.89 bits per heavy atom. The number of halogens is 1. The highest BCUT2D eigenvalue weighted by Crippen LogP contribution is 2.49. The smallest absolute Gasteiger partial charge is 0.339 e. The van der Waals surface area contributed by atoms with E-state index in [-0.39, 0.29) is 23.5 Å². The molecular formula is C31H34ClNO5. The van der Waals surface area contributed by atoms with Crippen LogP contribution in [0.15, 0.2) is 45.6 Å². The van der Waals surface area contributed by atoms with Gasteiger partial charge in [0.2, 0.25) is 0 Å². The molecule has 38 heavy (non-hydrogen) atoms. The van der Waals surface area contributed by atoms with Crippen molar-refractivity contribution in [2.24, 2.45) is 5.92 Å². The molecule has 1 amide bonds. The second kappa shape index (κ2) is 9.73. The summed E-state index contributed by atoms with van der Waals surface area (Å²) in [7, 11) is 0. The number of fused-ring (bicyclic) bond motifs is 4. The first-order chi connectivity index (χ1) is 18.2. The van der Waals surface area contributed by atoms with Gasteiger partial charge in [-0.3, -0.25) is 4.79 Å². The van der Waals surface area contributed by atoms with Crippen molar-refractivity contribution in [2.75, 3.05) is 6.54 Å². The molecule has 2 fully saturated rings. The Morgan fingerprint density at radius 3 is 2.68 bits per heavy atom. The summed E-state index contributed by atoms with van der Waals surface area (Å²) in [4.78, 5) is 28.5. The van der Waals surface area contributed by atoms with Gasteiger partial charge in [-0.2, -0.15) is 0 Å². The molecule has 2 aliphatic carbocycles. The number of hydrogen-bond acceptors (Lipinski definition) is 5. The molecule has 2 heterocycles. The van der Waals surface area contributed by atoms with Gasteiger partial charge < -0.3 is 19.2 Å². The number of benzene rings is 2. The van der Waals surface area contributed by atoms with Crippen LogP contribution in [0.2, 0.25) is 5.02 Å². The van der Waals surface area contributed by atoms with Crippen LogP contribution in [-0.4, -0.2) is 34.2 Å². The van der Waals surface area contributed by atoms with Crippen molar-refractivity contribution in [2.45, 2.75) is 83.0 Å². The lowest BCUT2D eigenvalue weighted by Gasteiger charge is -2.53. The number of carbonyl (C=O) groups is 1. The topological polar surface area (TPSA) is 80.0 Å². The van der Waals surface area contributed by atoms with Crippen molar-refractivity contribution in [1.82, 2.24) is 4.90 Å². The van der Waals surface area contributed by atoms with Gasteiger partial charge in [-0.25, -0.2) is 4.79 Å². The summed E-state index contributed by atoms with van der Waals surface area (Å²) in [5.41, 5.74) is 3.06. The van der Waals surface area contributed by atoms with E-state index >= 15 is 0 Å². The molecule has 1 N–H and O–H groups in total. The highest BCUT2D eigenvalue weighted by Gasteiger charge is 2.50. The molecule has 0 radical (unpaired) electrons. The van der Waals surface area contributed by atoms with Crippen molar-refractivity contribution >= 4 is 28.5 Å². The third kappa shape index (κ3) is 4.32. The summed E-state index contributed by atoms with van der Waals surface area (Å²) in [6.45, 7) is 4.18. The predicted molar refractivity (Wildman–Crippen MR) is 147 cm³/mol. The van der Waals surface area contributed by atoms with Gasteiger partial charge in [-0.15, -0.1) is 0 Å². The number of rotatable bonds is 4. The van der Waals surface area contributed by atoms with Crippen LogP contribution in [0.1, 0.15) is 73.7 Å². The zero-order chi connectivity index (χ0) is 26.6. The van der Waals surface area contributed by atoms with Gasteiger partial charge in [-0.1, -0.05) is 36.6 Å². The molecule has 1 aliphatic heterocycles. The highest BCUT2D eigenvalue weighted by molar-refractivity contribution is 6.30. The first kappa shape index (κ1) is 25.4. The van der Waals surface area contributed by atoms with Crippen LogP contribution in [0, 0.1) is 12.8 Å². The standard InChI is InChI=1S/C31H34ClNO5/c1-18-16-25(27-22-6-5-7-23(22)30(35)38-26(27)17-18)37-19(2)29(34)33-15-14-31(36)13-4-3-8-24(31)28(33)20-9-11-21(32)12-10-20/h9-12,16-17,19,24,28,36H,3-8,13-15H2,1-2H3/t19?,24?,28-,31?/m0/s1. The van der Waals surface area contributed by atoms with E-state index in [4.69, 9.17) is 20.8 Å². The molecule has 3 aliphatic rings. The van der Waals surface area contributed by atoms with Gasteiger partial charge in [0.15, 0.2) is 6.10 Å². The Balaban J connectivity index is 1.35.